The van der Waals surface area contributed by atoms with Gasteiger partial charge >= 0.3 is 6.09 Å². The molecule has 2 atom stereocenters. The molecule has 0 spiro atoms. The number of carbonyl (C=O) groups is 1. The molecule has 0 aromatic rings. The van der Waals surface area contributed by atoms with Crippen LogP contribution in [0.3, 0.4) is 0 Å². The summed E-state index contributed by atoms with van der Waals surface area (Å²) in [6.07, 6.45) is -0.404. The van der Waals surface area contributed by atoms with E-state index in [2.05, 4.69) is 0 Å². The van der Waals surface area contributed by atoms with Crippen molar-refractivity contribution in [2.75, 3.05) is 6.54 Å². The molecule has 0 bridgehead atoms. The molecule has 0 unspecified atom stereocenters. The van der Waals surface area contributed by atoms with E-state index in [1.165, 1.54) is 4.90 Å². The number of hydrogen-bond acceptors (Lipinski definition) is 2. The maximum absolute atomic E-state index is 10.8. The summed E-state index contributed by atoms with van der Waals surface area (Å²) >= 11 is 0. The molecule has 1 saturated heterocycles. The number of amides is 1. The highest BCUT2D eigenvalue weighted by atomic mass is 16.4. The number of aliphatic hydroxyl groups is 1. The number of rotatable bonds is 1. The summed E-state index contributed by atoms with van der Waals surface area (Å²) in [7, 11) is 0. The molecule has 2 N–H and O–H groups in total. The standard InChI is InChI=1S/C9H17NO3/c1-6(2)7-9(3,13)4-5-10(7)8(11)12/h6-7,13H,4-5H2,1-3H3,(H,11,12)/t7-,9-/m0/s1. The maximum atomic E-state index is 10.8. The Hall–Kier alpha value is -0.770. The third kappa shape index (κ3) is 1.77. The molecule has 76 valence electrons. The van der Waals surface area contributed by atoms with Crippen molar-refractivity contribution in [2.45, 2.75) is 38.8 Å². The highest BCUT2D eigenvalue weighted by Gasteiger charge is 2.46. The molecule has 4 heteroatoms. The fourth-order valence-corrected chi connectivity index (χ4v) is 2.26. The lowest BCUT2D eigenvalue weighted by atomic mass is 9.89. The van der Waals surface area contributed by atoms with Crippen LogP contribution in [0.25, 0.3) is 0 Å². The molecule has 1 aliphatic heterocycles. The fraction of sp³-hybridized carbons (Fsp3) is 0.889. The summed E-state index contributed by atoms with van der Waals surface area (Å²) in [5.41, 5.74) is -0.868. The first-order chi connectivity index (χ1) is 5.86. The van der Waals surface area contributed by atoms with E-state index in [1.807, 2.05) is 13.8 Å². The first-order valence-electron chi connectivity index (χ1n) is 4.58. The van der Waals surface area contributed by atoms with Gasteiger partial charge in [0.05, 0.1) is 11.6 Å². The number of nitrogens with zero attached hydrogens (tertiary/aromatic N) is 1. The first kappa shape index (κ1) is 10.3. The lowest BCUT2D eigenvalue weighted by Gasteiger charge is -2.32. The highest BCUT2D eigenvalue weighted by Crippen LogP contribution is 2.32. The van der Waals surface area contributed by atoms with Gasteiger partial charge in [-0.2, -0.15) is 0 Å². The Balaban J connectivity index is 2.86. The number of hydrogen-bond donors (Lipinski definition) is 2. The average molecular weight is 187 g/mol. The second-order valence-electron chi connectivity index (χ2n) is 4.27. The van der Waals surface area contributed by atoms with Gasteiger partial charge in [0.2, 0.25) is 0 Å². The van der Waals surface area contributed by atoms with Crippen molar-refractivity contribution >= 4 is 6.09 Å². The summed E-state index contributed by atoms with van der Waals surface area (Å²) in [4.78, 5) is 12.2. The largest absolute Gasteiger partial charge is 0.465 e. The fourth-order valence-electron chi connectivity index (χ4n) is 2.26. The van der Waals surface area contributed by atoms with Crippen LogP contribution in [0.15, 0.2) is 0 Å². The molecule has 1 rings (SSSR count). The minimum absolute atomic E-state index is 0.147. The van der Waals surface area contributed by atoms with Gasteiger partial charge in [-0.05, 0) is 19.3 Å². The van der Waals surface area contributed by atoms with Crippen molar-refractivity contribution < 1.29 is 15.0 Å². The van der Waals surface area contributed by atoms with E-state index >= 15 is 0 Å². The van der Waals surface area contributed by atoms with Gasteiger partial charge in [0, 0.05) is 6.54 Å². The normalized spacial score (nSPS) is 34.2. The monoisotopic (exact) mass is 187 g/mol. The SMILES string of the molecule is CC(C)[C@@H]1N(C(=O)O)CC[C@]1(C)O. The summed E-state index contributed by atoms with van der Waals surface area (Å²) in [5, 5.41) is 18.8. The zero-order valence-electron chi connectivity index (χ0n) is 8.32. The van der Waals surface area contributed by atoms with Gasteiger partial charge < -0.3 is 15.1 Å². The van der Waals surface area contributed by atoms with E-state index in [0.717, 1.165) is 0 Å². The van der Waals surface area contributed by atoms with E-state index in [9.17, 15) is 9.90 Å². The number of likely N-dealkylation sites (tertiary alicyclic amines) is 1. The molecule has 13 heavy (non-hydrogen) atoms. The molecule has 1 aliphatic rings. The lowest BCUT2D eigenvalue weighted by Crippen LogP contribution is -2.48. The molecule has 0 aliphatic carbocycles. The molecular weight excluding hydrogens is 170 g/mol. The Labute approximate surface area is 78.2 Å². The Kier molecular flexibility index (Phi) is 2.52. The lowest BCUT2D eigenvalue weighted by molar-refractivity contribution is 0.00343. The van der Waals surface area contributed by atoms with Crippen LogP contribution in [-0.2, 0) is 0 Å². The summed E-state index contributed by atoms with van der Waals surface area (Å²) in [6, 6.07) is -0.273. The molecule has 0 aromatic carbocycles. The van der Waals surface area contributed by atoms with Gasteiger partial charge in [-0.1, -0.05) is 13.8 Å². The van der Waals surface area contributed by atoms with Crippen LogP contribution in [0.1, 0.15) is 27.2 Å². The minimum atomic E-state index is -0.934. The topological polar surface area (TPSA) is 60.8 Å². The highest BCUT2D eigenvalue weighted by molar-refractivity contribution is 5.66. The zero-order valence-corrected chi connectivity index (χ0v) is 8.32. The summed E-state index contributed by atoms with van der Waals surface area (Å²) in [5.74, 6) is 0.147. The quantitative estimate of drug-likeness (QED) is 0.647. The minimum Gasteiger partial charge on any atom is -0.465 e. The van der Waals surface area contributed by atoms with Gasteiger partial charge in [0.25, 0.3) is 0 Å². The molecule has 4 nitrogen and oxygen atoms in total. The Morgan fingerprint density at radius 2 is 2.15 bits per heavy atom. The Bertz CT molecular complexity index is 213. The smallest absolute Gasteiger partial charge is 0.407 e. The van der Waals surface area contributed by atoms with E-state index in [-0.39, 0.29) is 12.0 Å². The van der Waals surface area contributed by atoms with Crippen LogP contribution >= 0.6 is 0 Å². The Morgan fingerprint density at radius 1 is 1.62 bits per heavy atom. The van der Waals surface area contributed by atoms with Crippen molar-refractivity contribution in [3.63, 3.8) is 0 Å². The third-order valence-corrected chi connectivity index (χ3v) is 2.71. The Morgan fingerprint density at radius 3 is 2.46 bits per heavy atom. The predicted molar refractivity (Wildman–Crippen MR) is 48.6 cm³/mol. The van der Waals surface area contributed by atoms with Crippen molar-refractivity contribution in [1.82, 2.24) is 4.90 Å². The van der Waals surface area contributed by atoms with Crippen LogP contribution in [0.4, 0.5) is 4.79 Å². The second kappa shape index (κ2) is 3.18. The van der Waals surface area contributed by atoms with E-state index in [0.29, 0.717) is 13.0 Å². The van der Waals surface area contributed by atoms with E-state index < -0.39 is 11.7 Å². The van der Waals surface area contributed by atoms with Gasteiger partial charge in [-0.3, -0.25) is 0 Å². The molecule has 0 radical (unpaired) electrons. The predicted octanol–water partition coefficient (Wildman–Crippen LogP) is 1.15. The van der Waals surface area contributed by atoms with Crippen LogP contribution in [-0.4, -0.2) is 39.4 Å². The van der Waals surface area contributed by atoms with Gasteiger partial charge in [0.1, 0.15) is 0 Å². The molecule has 0 aromatic heterocycles. The van der Waals surface area contributed by atoms with Crippen LogP contribution in [0, 0.1) is 5.92 Å². The second-order valence-corrected chi connectivity index (χ2v) is 4.27. The van der Waals surface area contributed by atoms with Crippen LogP contribution in [0.5, 0.6) is 0 Å². The first-order valence-corrected chi connectivity index (χ1v) is 4.58. The van der Waals surface area contributed by atoms with Crippen molar-refractivity contribution in [3.8, 4) is 0 Å². The van der Waals surface area contributed by atoms with Crippen molar-refractivity contribution in [1.29, 1.82) is 0 Å². The molecule has 0 saturated carbocycles. The van der Waals surface area contributed by atoms with Crippen molar-refractivity contribution in [3.05, 3.63) is 0 Å². The summed E-state index contributed by atoms with van der Waals surface area (Å²) < 4.78 is 0. The van der Waals surface area contributed by atoms with Gasteiger partial charge in [-0.25, -0.2) is 4.79 Å². The molecule has 1 fully saturated rings. The van der Waals surface area contributed by atoms with Crippen LogP contribution < -0.4 is 0 Å². The van der Waals surface area contributed by atoms with Crippen LogP contribution in [0.2, 0.25) is 0 Å². The van der Waals surface area contributed by atoms with Crippen molar-refractivity contribution in [2.24, 2.45) is 5.92 Å². The van der Waals surface area contributed by atoms with Gasteiger partial charge in [0.15, 0.2) is 0 Å². The third-order valence-electron chi connectivity index (χ3n) is 2.71. The zero-order chi connectivity index (χ0) is 10.2. The maximum Gasteiger partial charge on any atom is 0.407 e. The van der Waals surface area contributed by atoms with E-state index in [1.54, 1.807) is 6.92 Å². The van der Waals surface area contributed by atoms with Gasteiger partial charge in [-0.15, -0.1) is 0 Å². The number of carboxylic acid groups (broad SMARTS) is 1. The molecule has 1 heterocycles. The molecular formula is C9H17NO3. The van der Waals surface area contributed by atoms with E-state index in [4.69, 9.17) is 5.11 Å². The molecule has 1 amide bonds. The summed E-state index contributed by atoms with van der Waals surface area (Å²) in [6.45, 7) is 6.01. The average Bonchev–Trinajstić information content (AvgIpc) is 2.24.